The monoisotopic (exact) mass is 523 g/mol. The Morgan fingerprint density at radius 1 is 1.06 bits per heavy atom. The fraction of sp³-hybridized carbons (Fsp3) is 0.296. The van der Waals surface area contributed by atoms with Gasteiger partial charge < -0.3 is 24.6 Å². The lowest BCUT2D eigenvalue weighted by Gasteiger charge is -2.40. The molecule has 1 heterocycles. The van der Waals surface area contributed by atoms with Gasteiger partial charge in [-0.05, 0) is 35.4 Å². The number of halogens is 1. The van der Waals surface area contributed by atoms with Crippen molar-refractivity contribution in [1.29, 1.82) is 0 Å². The van der Waals surface area contributed by atoms with Crippen molar-refractivity contribution in [1.82, 2.24) is 4.90 Å². The molecule has 0 unspecified atom stereocenters. The van der Waals surface area contributed by atoms with Gasteiger partial charge in [0.25, 0.3) is 0 Å². The van der Waals surface area contributed by atoms with Gasteiger partial charge in [0.15, 0.2) is 11.2 Å². The zero-order valence-electron chi connectivity index (χ0n) is 19.1. The number of hydrogen-bond donors (Lipinski definition) is 2. The highest BCUT2D eigenvalue weighted by Crippen LogP contribution is 2.68. The number of methoxy groups -OCH3 is 1. The minimum atomic E-state index is -1.89. The average Bonchev–Trinajstić information content (AvgIpc) is 3.22. The van der Waals surface area contributed by atoms with E-state index in [0.29, 0.717) is 22.6 Å². The van der Waals surface area contributed by atoms with Crippen molar-refractivity contribution in [2.75, 3.05) is 21.2 Å². The first-order valence-corrected chi connectivity index (χ1v) is 11.8. The number of rotatable bonds is 4. The van der Waals surface area contributed by atoms with E-state index < -0.39 is 29.1 Å². The Balaban J connectivity index is 1.86. The third-order valence-corrected chi connectivity index (χ3v) is 7.69. The second-order valence-electron chi connectivity index (χ2n) is 9.06. The molecule has 1 fully saturated rings. The van der Waals surface area contributed by atoms with Crippen molar-refractivity contribution in [2.45, 2.75) is 23.2 Å². The zero-order chi connectivity index (χ0) is 24.3. The standard InChI is InChI=1S/C27H26BrNO5/c1-29(2)25(31)22-23(16-7-5-4-6-8-16)27(17-9-11-18(28)12-10-17)26(32,24(22)30)20-14-13-19(33-3)15-21(20)34-27/h4-15,22-24,30,32H,1-3H3/t22-,23-,24-,26+,27+/m1/s1. The van der Waals surface area contributed by atoms with Crippen LogP contribution in [0.4, 0.5) is 0 Å². The van der Waals surface area contributed by atoms with Gasteiger partial charge in [-0.25, -0.2) is 0 Å². The van der Waals surface area contributed by atoms with Gasteiger partial charge in [0.05, 0.1) is 13.0 Å². The lowest BCUT2D eigenvalue weighted by atomic mass is 9.70. The Hall–Kier alpha value is -2.87. The highest BCUT2D eigenvalue weighted by molar-refractivity contribution is 9.10. The molecule has 1 aliphatic heterocycles. The number of benzene rings is 3. The van der Waals surface area contributed by atoms with Crippen LogP contribution in [-0.4, -0.2) is 48.3 Å². The molecule has 3 aromatic carbocycles. The minimum absolute atomic E-state index is 0.278. The van der Waals surface area contributed by atoms with Gasteiger partial charge in [-0.15, -0.1) is 0 Å². The molecule has 5 atom stereocenters. The first-order chi connectivity index (χ1) is 16.3. The molecule has 0 spiro atoms. The highest BCUT2D eigenvalue weighted by atomic mass is 79.9. The van der Waals surface area contributed by atoms with E-state index in [4.69, 9.17) is 9.47 Å². The Labute approximate surface area is 206 Å². The molecule has 5 rings (SSSR count). The molecule has 1 aliphatic carbocycles. The molecule has 0 radical (unpaired) electrons. The SMILES string of the molecule is COc1ccc2c(c1)O[C@@]1(c3ccc(Br)cc3)[C@H](c3ccccc3)[C@@H](C(=O)N(C)C)[C@@H](O)[C@@]21O. The van der Waals surface area contributed by atoms with E-state index in [9.17, 15) is 15.0 Å². The molecule has 34 heavy (non-hydrogen) atoms. The summed E-state index contributed by atoms with van der Waals surface area (Å²) in [4.78, 5) is 15.0. The van der Waals surface area contributed by atoms with Crippen LogP contribution in [0.1, 0.15) is 22.6 Å². The Kier molecular flexibility index (Phi) is 5.47. The van der Waals surface area contributed by atoms with Crippen LogP contribution in [0.3, 0.4) is 0 Å². The first kappa shape index (κ1) is 22.9. The molecule has 3 aromatic rings. The van der Waals surface area contributed by atoms with E-state index in [1.165, 1.54) is 4.90 Å². The summed E-state index contributed by atoms with van der Waals surface area (Å²) in [6.07, 6.45) is -1.43. The number of aliphatic hydroxyl groups is 2. The summed E-state index contributed by atoms with van der Waals surface area (Å²) < 4.78 is 13.0. The van der Waals surface area contributed by atoms with Crippen LogP contribution < -0.4 is 9.47 Å². The Morgan fingerprint density at radius 2 is 1.74 bits per heavy atom. The molecule has 0 bridgehead atoms. The van der Waals surface area contributed by atoms with Crippen molar-refractivity contribution < 1.29 is 24.5 Å². The lowest BCUT2D eigenvalue weighted by molar-refractivity contribution is -0.155. The molecule has 2 N–H and O–H groups in total. The fourth-order valence-corrected chi connectivity index (χ4v) is 5.95. The summed E-state index contributed by atoms with van der Waals surface area (Å²) in [7, 11) is 4.87. The van der Waals surface area contributed by atoms with E-state index in [1.807, 2.05) is 54.6 Å². The van der Waals surface area contributed by atoms with Gasteiger partial charge >= 0.3 is 0 Å². The van der Waals surface area contributed by atoms with Crippen LogP contribution in [-0.2, 0) is 16.0 Å². The number of fused-ring (bicyclic) bond motifs is 3. The molecule has 176 valence electrons. The second-order valence-corrected chi connectivity index (χ2v) is 9.98. The quantitative estimate of drug-likeness (QED) is 0.543. The van der Waals surface area contributed by atoms with Crippen molar-refractivity contribution >= 4 is 21.8 Å². The van der Waals surface area contributed by atoms with Crippen molar-refractivity contribution in [3.8, 4) is 11.5 Å². The smallest absolute Gasteiger partial charge is 0.228 e. The van der Waals surface area contributed by atoms with Gasteiger partial charge in [-0.1, -0.05) is 58.4 Å². The second kappa shape index (κ2) is 8.12. The highest BCUT2D eigenvalue weighted by Gasteiger charge is 2.77. The third kappa shape index (κ3) is 2.97. The van der Waals surface area contributed by atoms with Crippen LogP contribution in [0, 0.1) is 5.92 Å². The zero-order valence-corrected chi connectivity index (χ0v) is 20.7. The number of carbonyl (C=O) groups excluding carboxylic acids is 1. The van der Waals surface area contributed by atoms with Gasteiger partial charge in [0, 0.05) is 36.1 Å². The molecule has 2 aliphatic rings. The summed E-state index contributed by atoms with van der Waals surface area (Å²) in [5, 5.41) is 24.3. The normalized spacial score (nSPS) is 29.2. The van der Waals surface area contributed by atoms with E-state index >= 15 is 0 Å². The van der Waals surface area contributed by atoms with Gasteiger partial charge in [0.2, 0.25) is 5.91 Å². The van der Waals surface area contributed by atoms with Gasteiger partial charge in [-0.2, -0.15) is 0 Å². The summed E-state index contributed by atoms with van der Waals surface area (Å²) in [6, 6.07) is 22.1. The average molecular weight is 524 g/mol. The first-order valence-electron chi connectivity index (χ1n) is 11.1. The van der Waals surface area contributed by atoms with E-state index in [1.54, 1.807) is 39.4 Å². The molecule has 7 heteroatoms. The predicted octanol–water partition coefficient (Wildman–Crippen LogP) is 3.80. The van der Waals surface area contributed by atoms with Crippen LogP contribution in [0.2, 0.25) is 0 Å². The number of carbonyl (C=O) groups is 1. The third-order valence-electron chi connectivity index (χ3n) is 7.16. The molecule has 1 saturated carbocycles. The van der Waals surface area contributed by atoms with Gasteiger partial charge in [0.1, 0.15) is 17.6 Å². The number of nitrogens with zero attached hydrogens (tertiary/aromatic N) is 1. The number of amides is 1. The van der Waals surface area contributed by atoms with Crippen molar-refractivity contribution in [3.05, 3.63) is 94.0 Å². The summed E-state index contributed by atoms with van der Waals surface area (Å²) in [5.74, 6) is -0.913. The maximum absolute atomic E-state index is 13.5. The maximum Gasteiger partial charge on any atom is 0.228 e. The summed E-state index contributed by atoms with van der Waals surface area (Å²) in [5.41, 5.74) is -1.46. The van der Waals surface area contributed by atoms with E-state index in [-0.39, 0.29) is 5.91 Å². The lowest BCUT2D eigenvalue weighted by Crippen LogP contribution is -2.52. The maximum atomic E-state index is 13.5. The number of ether oxygens (including phenoxy) is 2. The Morgan fingerprint density at radius 3 is 2.35 bits per heavy atom. The minimum Gasteiger partial charge on any atom is -0.497 e. The van der Waals surface area contributed by atoms with Crippen molar-refractivity contribution in [3.63, 3.8) is 0 Å². The van der Waals surface area contributed by atoms with E-state index in [2.05, 4.69) is 15.9 Å². The van der Waals surface area contributed by atoms with E-state index in [0.717, 1.165) is 10.0 Å². The van der Waals surface area contributed by atoms with Crippen molar-refractivity contribution in [2.24, 2.45) is 5.92 Å². The molecule has 1 amide bonds. The summed E-state index contributed by atoms with van der Waals surface area (Å²) in [6.45, 7) is 0. The van der Waals surface area contributed by atoms with Crippen LogP contribution in [0.15, 0.2) is 77.3 Å². The van der Waals surface area contributed by atoms with Crippen LogP contribution >= 0.6 is 15.9 Å². The molecule has 0 aromatic heterocycles. The summed E-state index contributed by atoms with van der Waals surface area (Å²) >= 11 is 3.48. The molecular weight excluding hydrogens is 498 g/mol. The van der Waals surface area contributed by atoms with Crippen LogP contribution in [0.5, 0.6) is 11.5 Å². The number of hydrogen-bond acceptors (Lipinski definition) is 5. The predicted molar refractivity (Wildman–Crippen MR) is 131 cm³/mol. The topological polar surface area (TPSA) is 79.2 Å². The van der Waals surface area contributed by atoms with Crippen LogP contribution in [0.25, 0.3) is 0 Å². The Bertz CT molecular complexity index is 1230. The largest absolute Gasteiger partial charge is 0.497 e. The molecule has 6 nitrogen and oxygen atoms in total. The fourth-order valence-electron chi connectivity index (χ4n) is 5.69. The number of aliphatic hydroxyl groups excluding tert-OH is 1. The molecular formula is C27H26BrNO5. The molecule has 0 saturated heterocycles. The van der Waals surface area contributed by atoms with Gasteiger partial charge in [-0.3, -0.25) is 4.79 Å².